The fourth-order valence-electron chi connectivity index (χ4n) is 2.56. The molecule has 1 aliphatic rings. The van der Waals surface area contributed by atoms with Gasteiger partial charge in [0.05, 0.1) is 0 Å². The van der Waals surface area contributed by atoms with Gasteiger partial charge in [-0.3, -0.25) is 9.78 Å². The highest BCUT2D eigenvalue weighted by atomic mass is 16.3. The van der Waals surface area contributed by atoms with Crippen molar-refractivity contribution in [3.8, 4) is 0 Å². The zero-order valence-electron chi connectivity index (χ0n) is 11.7. The van der Waals surface area contributed by atoms with Gasteiger partial charge in [0.2, 0.25) is 0 Å². The second kappa shape index (κ2) is 5.66. The van der Waals surface area contributed by atoms with Gasteiger partial charge in [0.15, 0.2) is 6.10 Å². The summed E-state index contributed by atoms with van der Waals surface area (Å²) in [6, 6.07) is 13.0. The van der Waals surface area contributed by atoms with E-state index in [1.165, 1.54) is 5.56 Å². The van der Waals surface area contributed by atoms with Crippen molar-refractivity contribution < 1.29 is 9.90 Å². The monoisotopic (exact) mass is 282 g/mol. The van der Waals surface area contributed by atoms with E-state index in [4.69, 9.17) is 0 Å². The molecule has 1 unspecified atom stereocenters. The van der Waals surface area contributed by atoms with E-state index in [2.05, 4.69) is 10.3 Å². The Labute approximate surface area is 123 Å². The van der Waals surface area contributed by atoms with E-state index in [0.29, 0.717) is 12.1 Å². The Morgan fingerprint density at radius 1 is 1.19 bits per heavy atom. The number of pyridine rings is 1. The Hall–Kier alpha value is -2.20. The molecule has 2 N–H and O–H groups in total. The first-order valence-corrected chi connectivity index (χ1v) is 7.12. The minimum Gasteiger partial charge on any atom is -0.378 e. The predicted molar refractivity (Wildman–Crippen MR) is 79.6 cm³/mol. The van der Waals surface area contributed by atoms with Crippen LogP contribution < -0.4 is 5.32 Å². The Balaban J connectivity index is 1.62. The van der Waals surface area contributed by atoms with Crippen LogP contribution in [-0.4, -0.2) is 22.5 Å². The maximum absolute atomic E-state index is 12.1. The first-order valence-electron chi connectivity index (χ1n) is 7.12. The number of aromatic nitrogens is 1. The van der Waals surface area contributed by atoms with Crippen molar-refractivity contribution in [1.82, 2.24) is 10.3 Å². The van der Waals surface area contributed by atoms with Crippen molar-refractivity contribution in [2.24, 2.45) is 0 Å². The van der Waals surface area contributed by atoms with Crippen LogP contribution in [0.3, 0.4) is 0 Å². The number of hydrogen-bond acceptors (Lipinski definition) is 3. The van der Waals surface area contributed by atoms with Crippen LogP contribution in [0.1, 0.15) is 30.1 Å². The number of carbonyl (C=O) groups excluding carboxylic acids is 1. The van der Waals surface area contributed by atoms with Crippen molar-refractivity contribution >= 4 is 5.91 Å². The number of rotatable bonds is 5. The van der Waals surface area contributed by atoms with E-state index in [-0.39, 0.29) is 11.3 Å². The molecule has 1 atom stereocenters. The molecule has 3 rings (SSSR count). The first kappa shape index (κ1) is 13.8. The topological polar surface area (TPSA) is 62.2 Å². The summed E-state index contributed by atoms with van der Waals surface area (Å²) in [7, 11) is 0. The molecule has 0 radical (unpaired) electrons. The number of aliphatic hydroxyl groups excluding tert-OH is 1. The van der Waals surface area contributed by atoms with E-state index in [0.717, 1.165) is 12.8 Å². The number of aliphatic hydroxyl groups is 1. The third-order valence-electron chi connectivity index (χ3n) is 4.11. The van der Waals surface area contributed by atoms with Gasteiger partial charge in [-0.25, -0.2) is 0 Å². The number of amides is 1. The molecule has 0 spiro atoms. The number of nitrogens with one attached hydrogen (secondary N) is 1. The SMILES string of the molecule is O=C(NCC1(c2ccncc2)CC1)C(O)c1ccccc1. The van der Waals surface area contributed by atoms with E-state index >= 15 is 0 Å². The summed E-state index contributed by atoms with van der Waals surface area (Å²) in [4.78, 5) is 16.1. The lowest BCUT2D eigenvalue weighted by molar-refractivity contribution is -0.129. The molecule has 4 heteroatoms. The van der Waals surface area contributed by atoms with Gasteiger partial charge in [-0.1, -0.05) is 30.3 Å². The van der Waals surface area contributed by atoms with Crippen LogP contribution >= 0.6 is 0 Å². The third kappa shape index (κ3) is 2.95. The Bertz CT molecular complexity index is 609. The summed E-state index contributed by atoms with van der Waals surface area (Å²) in [6.45, 7) is 0.555. The van der Waals surface area contributed by atoms with Gasteiger partial charge in [-0.05, 0) is 36.1 Å². The highest BCUT2D eigenvalue weighted by molar-refractivity contribution is 5.82. The lowest BCUT2D eigenvalue weighted by Gasteiger charge is -2.18. The number of nitrogens with zero attached hydrogens (tertiary/aromatic N) is 1. The minimum atomic E-state index is -1.11. The maximum Gasteiger partial charge on any atom is 0.253 e. The van der Waals surface area contributed by atoms with Gasteiger partial charge in [0.1, 0.15) is 0 Å². The van der Waals surface area contributed by atoms with Gasteiger partial charge in [-0.15, -0.1) is 0 Å². The zero-order chi connectivity index (χ0) is 14.7. The Kier molecular flexibility index (Phi) is 3.71. The summed E-state index contributed by atoms with van der Waals surface area (Å²) in [5.41, 5.74) is 1.84. The highest BCUT2D eigenvalue weighted by Crippen LogP contribution is 2.47. The lowest BCUT2D eigenvalue weighted by Crippen LogP contribution is -2.35. The predicted octanol–water partition coefficient (Wildman–Crippen LogP) is 1.96. The summed E-state index contributed by atoms with van der Waals surface area (Å²) in [5.74, 6) is -0.346. The quantitative estimate of drug-likeness (QED) is 0.881. The summed E-state index contributed by atoms with van der Waals surface area (Å²) in [6.07, 6.45) is 4.54. The van der Waals surface area contributed by atoms with Gasteiger partial charge in [0, 0.05) is 24.4 Å². The van der Waals surface area contributed by atoms with Crippen LogP contribution in [0.5, 0.6) is 0 Å². The largest absolute Gasteiger partial charge is 0.378 e. The van der Waals surface area contributed by atoms with E-state index in [9.17, 15) is 9.90 Å². The Morgan fingerprint density at radius 2 is 1.86 bits per heavy atom. The molecular weight excluding hydrogens is 264 g/mol. The molecule has 1 aliphatic carbocycles. The fourth-order valence-corrected chi connectivity index (χ4v) is 2.56. The molecule has 4 nitrogen and oxygen atoms in total. The van der Waals surface area contributed by atoms with Crippen molar-refractivity contribution in [2.75, 3.05) is 6.54 Å². The third-order valence-corrected chi connectivity index (χ3v) is 4.11. The number of benzene rings is 1. The molecule has 1 aromatic carbocycles. The van der Waals surface area contributed by atoms with E-state index < -0.39 is 6.10 Å². The van der Waals surface area contributed by atoms with Gasteiger partial charge >= 0.3 is 0 Å². The normalized spacial score (nSPS) is 17.0. The number of carbonyl (C=O) groups is 1. The number of hydrogen-bond donors (Lipinski definition) is 2. The second-order valence-electron chi connectivity index (χ2n) is 5.55. The molecule has 0 aliphatic heterocycles. The smallest absolute Gasteiger partial charge is 0.253 e. The molecule has 1 heterocycles. The molecule has 21 heavy (non-hydrogen) atoms. The van der Waals surface area contributed by atoms with Crippen LogP contribution in [0.15, 0.2) is 54.9 Å². The first-order chi connectivity index (χ1) is 10.2. The zero-order valence-corrected chi connectivity index (χ0v) is 11.7. The van der Waals surface area contributed by atoms with Gasteiger partial charge < -0.3 is 10.4 Å². The van der Waals surface area contributed by atoms with Crippen LogP contribution in [0, 0.1) is 0 Å². The fraction of sp³-hybridized carbons (Fsp3) is 0.294. The Morgan fingerprint density at radius 3 is 2.48 bits per heavy atom. The van der Waals surface area contributed by atoms with Crippen molar-refractivity contribution in [3.63, 3.8) is 0 Å². The molecule has 1 fully saturated rings. The molecule has 1 saturated carbocycles. The molecule has 108 valence electrons. The molecule has 2 aromatic rings. The van der Waals surface area contributed by atoms with E-state index in [1.54, 1.807) is 24.5 Å². The van der Waals surface area contributed by atoms with Crippen molar-refractivity contribution in [2.45, 2.75) is 24.4 Å². The standard InChI is InChI=1S/C17H18N2O2/c20-15(13-4-2-1-3-5-13)16(21)19-12-17(8-9-17)14-6-10-18-11-7-14/h1-7,10-11,15,20H,8-9,12H2,(H,19,21). The molecule has 1 amide bonds. The van der Waals surface area contributed by atoms with Crippen molar-refractivity contribution in [3.05, 3.63) is 66.0 Å². The van der Waals surface area contributed by atoms with Gasteiger partial charge in [-0.2, -0.15) is 0 Å². The summed E-state index contributed by atoms with van der Waals surface area (Å²) >= 11 is 0. The molecule has 0 saturated heterocycles. The summed E-state index contributed by atoms with van der Waals surface area (Å²) in [5, 5.41) is 12.9. The van der Waals surface area contributed by atoms with Crippen LogP contribution in [0.2, 0.25) is 0 Å². The van der Waals surface area contributed by atoms with Crippen molar-refractivity contribution in [1.29, 1.82) is 0 Å². The van der Waals surface area contributed by atoms with Crippen LogP contribution in [0.25, 0.3) is 0 Å². The molecule has 0 bridgehead atoms. The second-order valence-corrected chi connectivity index (χ2v) is 5.55. The summed E-state index contributed by atoms with van der Waals surface area (Å²) < 4.78 is 0. The van der Waals surface area contributed by atoms with Gasteiger partial charge in [0.25, 0.3) is 5.91 Å². The average molecular weight is 282 g/mol. The highest BCUT2D eigenvalue weighted by Gasteiger charge is 2.44. The molecule has 1 aromatic heterocycles. The van der Waals surface area contributed by atoms with Crippen LogP contribution in [0.4, 0.5) is 0 Å². The van der Waals surface area contributed by atoms with Crippen LogP contribution in [-0.2, 0) is 10.2 Å². The average Bonchev–Trinajstić information content (AvgIpc) is 3.35. The molecular formula is C17H18N2O2. The minimum absolute atomic E-state index is 0.0228. The maximum atomic E-state index is 12.1. The lowest BCUT2D eigenvalue weighted by atomic mass is 9.97. The van der Waals surface area contributed by atoms with E-state index in [1.807, 2.05) is 30.3 Å².